The van der Waals surface area contributed by atoms with Gasteiger partial charge >= 0.3 is 0 Å². The zero-order valence-corrected chi connectivity index (χ0v) is 12.0. The first-order valence-electron chi connectivity index (χ1n) is 5.48. The molecule has 0 radical (unpaired) electrons. The molecule has 6 heteroatoms. The average Bonchev–Trinajstić information content (AvgIpc) is 2.69. The van der Waals surface area contributed by atoms with Gasteiger partial charge in [-0.05, 0) is 34.5 Å². The number of carbonyl (C=O) groups excluding carboxylic acids is 1. The van der Waals surface area contributed by atoms with Crippen LogP contribution in [0, 0.1) is 6.92 Å². The first-order chi connectivity index (χ1) is 8.11. The van der Waals surface area contributed by atoms with E-state index in [4.69, 9.17) is 10.5 Å². The quantitative estimate of drug-likeness (QED) is 0.901. The van der Waals surface area contributed by atoms with E-state index in [0.29, 0.717) is 26.2 Å². The van der Waals surface area contributed by atoms with Crippen LogP contribution in [0.25, 0.3) is 0 Å². The summed E-state index contributed by atoms with van der Waals surface area (Å²) in [5.41, 5.74) is 6.66. The molecule has 1 amide bonds. The number of rotatable bonds is 2. The van der Waals surface area contributed by atoms with Crippen LogP contribution in [-0.4, -0.2) is 43.2 Å². The number of thiophene rings is 1. The molecular formula is C11H15BrN2O2S. The monoisotopic (exact) mass is 318 g/mol. The molecule has 2 rings (SSSR count). The lowest BCUT2D eigenvalue weighted by Gasteiger charge is -2.32. The van der Waals surface area contributed by atoms with Gasteiger partial charge < -0.3 is 15.4 Å². The Hall–Kier alpha value is -0.430. The number of nitrogens with zero attached hydrogens (tertiary/aromatic N) is 1. The topological polar surface area (TPSA) is 55.6 Å². The minimum absolute atomic E-state index is 0.0304. The second-order valence-electron chi connectivity index (χ2n) is 4.05. The lowest BCUT2D eigenvalue weighted by atomic mass is 10.2. The van der Waals surface area contributed by atoms with Crippen molar-refractivity contribution in [2.75, 3.05) is 26.2 Å². The predicted molar refractivity (Wildman–Crippen MR) is 71.5 cm³/mol. The SMILES string of the molecule is Cc1cc(C(=O)N2CCOC(CN)C2)sc1Br. The number of ether oxygens (including phenoxy) is 1. The van der Waals surface area contributed by atoms with Crippen molar-refractivity contribution in [2.45, 2.75) is 13.0 Å². The molecule has 17 heavy (non-hydrogen) atoms. The Morgan fingerprint density at radius 2 is 2.53 bits per heavy atom. The summed E-state index contributed by atoms with van der Waals surface area (Å²) in [7, 11) is 0. The number of hydrogen-bond donors (Lipinski definition) is 1. The summed E-state index contributed by atoms with van der Waals surface area (Å²) in [5, 5.41) is 0. The fraction of sp³-hybridized carbons (Fsp3) is 0.545. The van der Waals surface area contributed by atoms with Gasteiger partial charge in [0, 0.05) is 19.6 Å². The van der Waals surface area contributed by atoms with Gasteiger partial charge in [0.2, 0.25) is 0 Å². The van der Waals surface area contributed by atoms with Gasteiger partial charge in [-0.3, -0.25) is 4.79 Å². The van der Waals surface area contributed by atoms with Crippen LogP contribution < -0.4 is 5.73 Å². The number of nitrogens with two attached hydrogens (primary N) is 1. The summed E-state index contributed by atoms with van der Waals surface area (Å²) >= 11 is 4.92. The van der Waals surface area contributed by atoms with Crippen molar-refractivity contribution in [1.82, 2.24) is 4.90 Å². The Kier molecular flexibility index (Phi) is 4.19. The highest BCUT2D eigenvalue weighted by molar-refractivity contribution is 9.11. The number of hydrogen-bond acceptors (Lipinski definition) is 4. The van der Waals surface area contributed by atoms with Gasteiger partial charge in [-0.1, -0.05) is 0 Å². The summed E-state index contributed by atoms with van der Waals surface area (Å²) in [5.74, 6) is 0.0746. The van der Waals surface area contributed by atoms with E-state index < -0.39 is 0 Å². The molecule has 4 nitrogen and oxygen atoms in total. The van der Waals surface area contributed by atoms with Gasteiger partial charge in [-0.15, -0.1) is 11.3 Å². The van der Waals surface area contributed by atoms with Gasteiger partial charge in [0.1, 0.15) is 0 Å². The standard InChI is InChI=1S/C11H15BrN2O2S/c1-7-4-9(17-10(7)12)11(15)14-2-3-16-8(5-13)6-14/h4,8H,2-3,5-6,13H2,1H3. The Labute approximate surface area is 113 Å². The smallest absolute Gasteiger partial charge is 0.264 e. The van der Waals surface area contributed by atoms with Crippen LogP contribution in [0.15, 0.2) is 9.85 Å². The lowest BCUT2D eigenvalue weighted by molar-refractivity contribution is -0.0165. The van der Waals surface area contributed by atoms with E-state index in [1.165, 1.54) is 11.3 Å². The van der Waals surface area contributed by atoms with E-state index in [1.807, 2.05) is 17.9 Å². The highest BCUT2D eigenvalue weighted by atomic mass is 79.9. The third-order valence-electron chi connectivity index (χ3n) is 2.76. The first kappa shape index (κ1) is 13.0. The van der Waals surface area contributed by atoms with Crippen LogP contribution in [0.4, 0.5) is 0 Å². The zero-order valence-electron chi connectivity index (χ0n) is 9.61. The molecule has 1 aliphatic rings. The van der Waals surface area contributed by atoms with E-state index in [0.717, 1.165) is 14.2 Å². The maximum Gasteiger partial charge on any atom is 0.264 e. The predicted octanol–water partition coefficient (Wildman–Crippen LogP) is 1.62. The van der Waals surface area contributed by atoms with Crippen LogP contribution in [-0.2, 0) is 4.74 Å². The molecule has 2 heterocycles. The molecule has 1 aromatic heterocycles. The van der Waals surface area contributed by atoms with Gasteiger partial charge in [0.05, 0.1) is 21.4 Å². The minimum atomic E-state index is -0.0304. The molecule has 1 aliphatic heterocycles. The normalized spacial score (nSPS) is 20.6. The molecule has 0 aromatic carbocycles. The number of aryl methyl sites for hydroxylation is 1. The van der Waals surface area contributed by atoms with Crippen LogP contribution in [0.2, 0.25) is 0 Å². The van der Waals surface area contributed by atoms with Crippen molar-refractivity contribution < 1.29 is 9.53 Å². The Bertz CT molecular complexity index is 402. The summed E-state index contributed by atoms with van der Waals surface area (Å²) in [4.78, 5) is 14.8. The van der Waals surface area contributed by atoms with Crippen molar-refractivity contribution in [3.63, 3.8) is 0 Å². The number of amides is 1. The van der Waals surface area contributed by atoms with Crippen molar-refractivity contribution in [2.24, 2.45) is 5.73 Å². The van der Waals surface area contributed by atoms with Crippen molar-refractivity contribution >= 4 is 33.2 Å². The lowest BCUT2D eigenvalue weighted by Crippen LogP contribution is -2.48. The maximum absolute atomic E-state index is 12.2. The first-order valence-corrected chi connectivity index (χ1v) is 7.09. The number of halogens is 1. The molecule has 0 bridgehead atoms. The highest BCUT2D eigenvalue weighted by Crippen LogP contribution is 2.28. The third kappa shape index (κ3) is 2.88. The molecule has 94 valence electrons. The molecular weight excluding hydrogens is 304 g/mol. The zero-order chi connectivity index (χ0) is 12.4. The van der Waals surface area contributed by atoms with E-state index in [9.17, 15) is 4.79 Å². The molecule has 0 spiro atoms. The molecule has 0 saturated carbocycles. The summed E-state index contributed by atoms with van der Waals surface area (Å²) in [6, 6.07) is 1.92. The van der Waals surface area contributed by atoms with Crippen LogP contribution in [0.3, 0.4) is 0 Å². The van der Waals surface area contributed by atoms with Crippen LogP contribution >= 0.6 is 27.3 Å². The molecule has 1 saturated heterocycles. The van der Waals surface area contributed by atoms with Gasteiger partial charge in [0.25, 0.3) is 5.91 Å². The van der Waals surface area contributed by atoms with Crippen molar-refractivity contribution in [1.29, 1.82) is 0 Å². The van der Waals surface area contributed by atoms with E-state index in [-0.39, 0.29) is 12.0 Å². The van der Waals surface area contributed by atoms with E-state index in [1.54, 1.807) is 0 Å². The minimum Gasteiger partial charge on any atom is -0.373 e. The van der Waals surface area contributed by atoms with Crippen LogP contribution in [0.1, 0.15) is 15.2 Å². The Morgan fingerprint density at radius 3 is 3.12 bits per heavy atom. The maximum atomic E-state index is 12.2. The summed E-state index contributed by atoms with van der Waals surface area (Å²) in [6.07, 6.45) is -0.0304. The Morgan fingerprint density at radius 1 is 1.76 bits per heavy atom. The second-order valence-corrected chi connectivity index (χ2v) is 6.42. The second kappa shape index (κ2) is 5.48. The van der Waals surface area contributed by atoms with E-state index in [2.05, 4.69) is 15.9 Å². The largest absolute Gasteiger partial charge is 0.373 e. The Balaban J connectivity index is 2.09. The van der Waals surface area contributed by atoms with Crippen molar-refractivity contribution in [3.05, 3.63) is 20.3 Å². The summed E-state index contributed by atoms with van der Waals surface area (Å²) in [6.45, 7) is 4.24. The number of carbonyl (C=O) groups is 1. The molecule has 1 aromatic rings. The fourth-order valence-electron chi connectivity index (χ4n) is 1.77. The van der Waals surface area contributed by atoms with Crippen LogP contribution in [0.5, 0.6) is 0 Å². The van der Waals surface area contributed by atoms with Gasteiger partial charge in [-0.2, -0.15) is 0 Å². The highest BCUT2D eigenvalue weighted by Gasteiger charge is 2.25. The average molecular weight is 319 g/mol. The molecule has 1 atom stereocenters. The summed E-state index contributed by atoms with van der Waals surface area (Å²) < 4.78 is 6.47. The molecule has 2 N–H and O–H groups in total. The molecule has 1 unspecified atom stereocenters. The molecule has 0 aliphatic carbocycles. The third-order valence-corrected chi connectivity index (χ3v) is 4.88. The number of morpholine rings is 1. The van der Waals surface area contributed by atoms with Gasteiger partial charge in [-0.25, -0.2) is 0 Å². The van der Waals surface area contributed by atoms with Crippen molar-refractivity contribution in [3.8, 4) is 0 Å². The van der Waals surface area contributed by atoms with E-state index >= 15 is 0 Å². The van der Waals surface area contributed by atoms with Gasteiger partial charge in [0.15, 0.2) is 0 Å². The fourth-order valence-corrected chi connectivity index (χ4v) is 3.27. The molecule has 1 fully saturated rings.